The molecule has 0 aliphatic carbocycles. The summed E-state index contributed by atoms with van der Waals surface area (Å²) in [6, 6.07) is 4.70. The van der Waals surface area contributed by atoms with Crippen molar-refractivity contribution in [1.29, 1.82) is 0 Å². The van der Waals surface area contributed by atoms with Gasteiger partial charge in [0.1, 0.15) is 5.56 Å². The Balaban J connectivity index is 2.11. The molecular weight excluding hydrogens is 302 g/mol. The lowest BCUT2D eigenvalue weighted by Crippen LogP contribution is -2.50. The zero-order valence-corrected chi connectivity index (χ0v) is 13.2. The van der Waals surface area contributed by atoms with E-state index in [4.69, 9.17) is 4.74 Å². The number of hydrogen-bond donors (Lipinski definition) is 0. The van der Waals surface area contributed by atoms with Crippen LogP contribution in [0.15, 0.2) is 18.2 Å². The van der Waals surface area contributed by atoms with Crippen LogP contribution < -0.4 is 0 Å². The molecule has 0 N–H and O–H groups in total. The first-order valence-corrected chi connectivity index (χ1v) is 7.40. The number of para-hydroxylation sites is 1. The highest BCUT2D eigenvalue weighted by Crippen LogP contribution is 2.24. The second kappa shape index (κ2) is 7.08. The van der Waals surface area contributed by atoms with Crippen LogP contribution in [0.1, 0.15) is 22.8 Å². The standard InChI is InChI=1S/C15H19N3O5/c1-3-23-15(20)17-9-7-16(8-10-17)14(19)12-6-4-5-11(2)13(12)18(21)22/h4-6H,3,7-10H2,1-2H3. The molecule has 0 spiro atoms. The first-order valence-electron chi connectivity index (χ1n) is 7.40. The summed E-state index contributed by atoms with van der Waals surface area (Å²) < 4.78 is 4.92. The smallest absolute Gasteiger partial charge is 0.409 e. The largest absolute Gasteiger partial charge is 0.450 e. The molecule has 124 valence electrons. The number of amides is 2. The number of hydrogen-bond acceptors (Lipinski definition) is 5. The zero-order valence-electron chi connectivity index (χ0n) is 13.2. The normalized spacial score (nSPS) is 14.5. The third kappa shape index (κ3) is 3.58. The average molecular weight is 321 g/mol. The molecule has 1 aliphatic rings. The third-order valence-corrected chi connectivity index (χ3v) is 3.74. The SMILES string of the molecule is CCOC(=O)N1CCN(C(=O)c2cccc(C)c2[N+](=O)[O-])CC1. The Morgan fingerprint density at radius 1 is 1.22 bits per heavy atom. The summed E-state index contributed by atoms with van der Waals surface area (Å²) in [5.41, 5.74) is 0.371. The van der Waals surface area contributed by atoms with Crippen molar-refractivity contribution in [3.05, 3.63) is 39.4 Å². The molecule has 1 heterocycles. The number of piperazine rings is 1. The Morgan fingerprint density at radius 2 is 1.83 bits per heavy atom. The highest BCUT2D eigenvalue weighted by molar-refractivity contribution is 5.98. The molecule has 23 heavy (non-hydrogen) atoms. The van der Waals surface area contributed by atoms with Crippen LogP contribution in [0.5, 0.6) is 0 Å². The van der Waals surface area contributed by atoms with Crippen LogP contribution in [0, 0.1) is 17.0 Å². The van der Waals surface area contributed by atoms with Crippen molar-refractivity contribution in [3.8, 4) is 0 Å². The van der Waals surface area contributed by atoms with Crippen molar-refractivity contribution >= 4 is 17.7 Å². The average Bonchev–Trinajstić information content (AvgIpc) is 2.54. The maximum Gasteiger partial charge on any atom is 0.409 e. The van der Waals surface area contributed by atoms with Gasteiger partial charge in [0, 0.05) is 31.7 Å². The van der Waals surface area contributed by atoms with E-state index in [1.54, 1.807) is 26.0 Å². The van der Waals surface area contributed by atoms with Crippen LogP contribution in [0.2, 0.25) is 0 Å². The highest BCUT2D eigenvalue weighted by atomic mass is 16.6. The van der Waals surface area contributed by atoms with E-state index in [0.717, 1.165) is 0 Å². The van der Waals surface area contributed by atoms with Gasteiger partial charge in [-0.2, -0.15) is 0 Å². The minimum Gasteiger partial charge on any atom is -0.450 e. The van der Waals surface area contributed by atoms with E-state index in [1.807, 2.05) is 0 Å². The maximum atomic E-state index is 12.6. The molecular formula is C15H19N3O5. The fourth-order valence-corrected chi connectivity index (χ4v) is 2.55. The fourth-order valence-electron chi connectivity index (χ4n) is 2.55. The van der Waals surface area contributed by atoms with Crippen LogP contribution >= 0.6 is 0 Å². The van der Waals surface area contributed by atoms with Crippen molar-refractivity contribution in [3.63, 3.8) is 0 Å². The van der Waals surface area contributed by atoms with E-state index in [1.165, 1.54) is 15.9 Å². The van der Waals surface area contributed by atoms with Gasteiger partial charge >= 0.3 is 6.09 Å². The Morgan fingerprint density at radius 3 is 2.39 bits per heavy atom. The summed E-state index contributed by atoms with van der Waals surface area (Å²) in [5, 5.41) is 11.2. The molecule has 0 unspecified atom stereocenters. The number of nitro groups is 1. The van der Waals surface area contributed by atoms with Gasteiger partial charge in [0.05, 0.1) is 11.5 Å². The number of benzene rings is 1. The number of rotatable bonds is 3. The molecule has 8 nitrogen and oxygen atoms in total. The van der Waals surface area contributed by atoms with Gasteiger partial charge in [-0.15, -0.1) is 0 Å². The van der Waals surface area contributed by atoms with E-state index in [9.17, 15) is 19.7 Å². The van der Waals surface area contributed by atoms with Crippen molar-refractivity contribution in [1.82, 2.24) is 9.80 Å². The lowest BCUT2D eigenvalue weighted by atomic mass is 10.1. The Labute approximate surface area is 133 Å². The molecule has 1 aromatic carbocycles. The van der Waals surface area contributed by atoms with Crippen LogP contribution in [-0.4, -0.2) is 59.5 Å². The summed E-state index contributed by atoms with van der Waals surface area (Å²) >= 11 is 0. The Bertz CT molecular complexity index is 624. The molecule has 0 aromatic heterocycles. The van der Waals surface area contributed by atoms with Gasteiger partial charge in [-0.1, -0.05) is 12.1 Å². The van der Waals surface area contributed by atoms with Gasteiger partial charge < -0.3 is 14.5 Å². The van der Waals surface area contributed by atoms with E-state index >= 15 is 0 Å². The number of nitro benzene ring substituents is 1. The molecule has 1 saturated heterocycles. The van der Waals surface area contributed by atoms with Gasteiger partial charge in [0.25, 0.3) is 11.6 Å². The number of carbonyl (C=O) groups is 2. The van der Waals surface area contributed by atoms with Gasteiger partial charge in [-0.05, 0) is 19.9 Å². The molecule has 2 amide bonds. The van der Waals surface area contributed by atoms with E-state index < -0.39 is 11.0 Å². The first kappa shape index (κ1) is 16.7. The summed E-state index contributed by atoms with van der Waals surface area (Å²) in [6.07, 6.45) is -0.402. The molecule has 0 saturated carbocycles. The van der Waals surface area contributed by atoms with Gasteiger partial charge in [-0.3, -0.25) is 14.9 Å². The lowest BCUT2D eigenvalue weighted by Gasteiger charge is -2.34. The Kier molecular flexibility index (Phi) is 5.15. The topological polar surface area (TPSA) is 93.0 Å². The molecule has 0 bridgehead atoms. The van der Waals surface area contributed by atoms with Crippen molar-refractivity contribution < 1.29 is 19.2 Å². The molecule has 0 atom stereocenters. The molecule has 1 aliphatic heterocycles. The van der Waals surface area contributed by atoms with Crippen molar-refractivity contribution in [2.45, 2.75) is 13.8 Å². The minimum atomic E-state index is -0.530. The summed E-state index contributed by atoms with van der Waals surface area (Å²) in [6.45, 7) is 4.98. The van der Waals surface area contributed by atoms with Crippen molar-refractivity contribution in [2.24, 2.45) is 0 Å². The predicted octanol–water partition coefficient (Wildman–Crippen LogP) is 1.82. The van der Waals surface area contributed by atoms with E-state index in [0.29, 0.717) is 38.3 Å². The van der Waals surface area contributed by atoms with Crippen LogP contribution in [-0.2, 0) is 4.74 Å². The van der Waals surface area contributed by atoms with Crippen LogP contribution in [0.25, 0.3) is 0 Å². The van der Waals surface area contributed by atoms with Gasteiger partial charge in [0.15, 0.2) is 0 Å². The molecule has 2 rings (SSSR count). The van der Waals surface area contributed by atoms with Crippen LogP contribution in [0.3, 0.4) is 0 Å². The van der Waals surface area contributed by atoms with E-state index in [2.05, 4.69) is 0 Å². The molecule has 1 aromatic rings. The molecule has 0 radical (unpaired) electrons. The number of aryl methyl sites for hydroxylation is 1. The van der Waals surface area contributed by atoms with Gasteiger partial charge in [-0.25, -0.2) is 4.79 Å². The molecule has 8 heteroatoms. The third-order valence-electron chi connectivity index (χ3n) is 3.74. The van der Waals surface area contributed by atoms with Crippen LogP contribution in [0.4, 0.5) is 10.5 Å². The number of ether oxygens (including phenoxy) is 1. The minimum absolute atomic E-state index is 0.0829. The fraction of sp³-hybridized carbons (Fsp3) is 0.467. The van der Waals surface area contributed by atoms with E-state index in [-0.39, 0.29) is 17.2 Å². The molecule has 1 fully saturated rings. The maximum absolute atomic E-state index is 12.6. The van der Waals surface area contributed by atoms with Crippen molar-refractivity contribution in [2.75, 3.05) is 32.8 Å². The summed E-state index contributed by atoms with van der Waals surface area (Å²) in [4.78, 5) is 37.9. The van der Waals surface area contributed by atoms with Gasteiger partial charge in [0.2, 0.25) is 0 Å². The zero-order chi connectivity index (χ0) is 17.0. The summed E-state index contributed by atoms with van der Waals surface area (Å²) in [7, 11) is 0. The monoisotopic (exact) mass is 321 g/mol. The number of nitrogens with zero attached hydrogens (tertiary/aromatic N) is 3. The first-order chi connectivity index (χ1) is 11.0. The Hall–Kier alpha value is -2.64. The second-order valence-electron chi connectivity index (χ2n) is 5.21. The quantitative estimate of drug-likeness (QED) is 0.625. The predicted molar refractivity (Wildman–Crippen MR) is 82.3 cm³/mol. The second-order valence-corrected chi connectivity index (χ2v) is 5.21. The number of carbonyl (C=O) groups excluding carboxylic acids is 2. The highest BCUT2D eigenvalue weighted by Gasteiger charge is 2.30. The lowest BCUT2D eigenvalue weighted by molar-refractivity contribution is -0.385. The summed E-state index contributed by atoms with van der Waals surface area (Å²) in [5.74, 6) is -0.385.